The topological polar surface area (TPSA) is 117 Å². The number of nitrogens with one attached hydrogen (secondary N) is 1. The van der Waals surface area contributed by atoms with Gasteiger partial charge in [0.1, 0.15) is 17.6 Å². The Bertz CT molecular complexity index is 2600. The number of hydrogen-bond donors (Lipinski definition) is 1. The van der Waals surface area contributed by atoms with Gasteiger partial charge >= 0.3 is 0 Å². The normalized spacial score (nSPS) is 27.7. The highest BCUT2D eigenvalue weighted by Crippen LogP contribution is 2.53. The first-order valence-electron chi connectivity index (χ1n) is 23.5. The summed E-state index contributed by atoms with van der Waals surface area (Å²) < 4.78 is 8.74. The number of benzene rings is 3. The summed E-state index contributed by atoms with van der Waals surface area (Å²) in [6.45, 7) is 6.51. The second kappa shape index (κ2) is 14.7. The number of likely N-dealkylation sites (tertiary alicyclic amines) is 2. The number of fused-ring (bicyclic) bond motifs is 11. The molecule has 0 bridgehead atoms. The molecule has 12 rings (SSSR count). The molecule has 1 unspecified atom stereocenters. The Morgan fingerprint density at radius 2 is 1.66 bits per heavy atom. The van der Waals surface area contributed by atoms with Crippen molar-refractivity contribution >= 4 is 40.2 Å². The van der Waals surface area contributed by atoms with Crippen molar-refractivity contribution in [3.8, 4) is 11.4 Å². The summed E-state index contributed by atoms with van der Waals surface area (Å²) in [4.78, 5) is 63.2. The Labute approximate surface area is 367 Å². The molecule has 3 amide bonds. The van der Waals surface area contributed by atoms with Gasteiger partial charge in [0, 0.05) is 47.7 Å². The number of carbonyl (C=O) groups excluding carboxylic acids is 3. The molecule has 6 aliphatic heterocycles. The van der Waals surface area contributed by atoms with Crippen molar-refractivity contribution in [2.24, 2.45) is 5.92 Å². The van der Waals surface area contributed by atoms with Gasteiger partial charge in [-0.1, -0.05) is 55.1 Å². The molecular formula is C50H55ClN6O5. The van der Waals surface area contributed by atoms with E-state index < -0.39 is 6.04 Å². The van der Waals surface area contributed by atoms with Gasteiger partial charge in [-0.25, -0.2) is 0 Å². The van der Waals surface area contributed by atoms with E-state index in [4.69, 9.17) is 21.3 Å². The molecule has 11 nitrogen and oxygen atoms in total. The van der Waals surface area contributed by atoms with Crippen LogP contribution >= 0.6 is 11.6 Å². The van der Waals surface area contributed by atoms with Crippen LogP contribution in [0.4, 0.5) is 0 Å². The molecule has 12 heteroatoms. The number of aromatic nitrogens is 2. The highest BCUT2D eigenvalue weighted by molar-refractivity contribution is 6.35. The zero-order valence-electron chi connectivity index (χ0n) is 35.4. The molecule has 2 saturated carbocycles. The number of rotatable bonds is 5. The van der Waals surface area contributed by atoms with E-state index >= 15 is 0 Å². The number of piperidine rings is 2. The number of imide groups is 1. The number of carbonyl (C=O) groups is 3. The number of halogens is 1. The number of hydrogen-bond acceptors (Lipinski definition) is 8. The molecule has 322 valence electrons. The fourth-order valence-electron chi connectivity index (χ4n) is 13.5. The van der Waals surface area contributed by atoms with Gasteiger partial charge in [0.25, 0.3) is 11.5 Å². The molecule has 62 heavy (non-hydrogen) atoms. The van der Waals surface area contributed by atoms with Crippen molar-refractivity contribution in [3.05, 3.63) is 97.5 Å². The van der Waals surface area contributed by atoms with Crippen molar-refractivity contribution in [1.82, 2.24) is 29.6 Å². The molecule has 1 aromatic heterocycles. The molecule has 2 aliphatic carbocycles. The van der Waals surface area contributed by atoms with E-state index in [1.54, 1.807) is 11.0 Å². The van der Waals surface area contributed by atoms with Gasteiger partial charge in [-0.2, -0.15) is 4.98 Å². The van der Waals surface area contributed by atoms with Crippen molar-refractivity contribution in [1.29, 1.82) is 0 Å². The Morgan fingerprint density at radius 1 is 0.855 bits per heavy atom. The van der Waals surface area contributed by atoms with Crippen molar-refractivity contribution in [3.63, 3.8) is 0 Å². The second-order valence-corrected chi connectivity index (χ2v) is 20.4. The fourth-order valence-corrected chi connectivity index (χ4v) is 13.7. The number of amides is 3. The average molecular weight is 855 g/mol. The van der Waals surface area contributed by atoms with Gasteiger partial charge in [0.15, 0.2) is 0 Å². The quantitative estimate of drug-likeness (QED) is 0.211. The van der Waals surface area contributed by atoms with Crippen LogP contribution in [0.5, 0.6) is 5.75 Å². The summed E-state index contributed by atoms with van der Waals surface area (Å²) in [5, 5.41) is 3.40. The third-order valence-corrected chi connectivity index (χ3v) is 17.2. The Balaban J connectivity index is 0.677. The van der Waals surface area contributed by atoms with Gasteiger partial charge < -0.3 is 14.5 Å². The SMILES string of the molecule is O=C1CC[C@H](N2Cc3c(ccc4c3OCC43CCN(CC4CCC(N5CCC(c6ccc7c(c6)-n6c(nc(=O)c8c(Cl)cccc86)C76CCCCC6)C5)CC4)CC3)C2=O)C(=O)N1. The van der Waals surface area contributed by atoms with E-state index in [0.29, 0.717) is 47.5 Å². The van der Waals surface area contributed by atoms with Crippen LogP contribution in [0, 0.1) is 5.92 Å². The van der Waals surface area contributed by atoms with E-state index in [1.165, 1.54) is 60.9 Å². The molecule has 3 aromatic carbocycles. The third kappa shape index (κ3) is 6.00. The summed E-state index contributed by atoms with van der Waals surface area (Å²) in [6.07, 6.45) is 14.5. The predicted molar refractivity (Wildman–Crippen MR) is 236 cm³/mol. The lowest BCUT2D eigenvalue weighted by Gasteiger charge is -2.41. The standard InChI is InChI=1S/C50H55ClN6O5/c51-38-5-4-6-39-43(38)46(60)53-48-50(18-2-1-3-19-50)36-13-9-31(25-41(36)57(39)48)32-17-22-55(27-32)33-10-7-30(8-11-33)26-54-23-20-49(21-24-54)29-62-44-35-28-56(40-15-16-42(58)52-45(40)59)47(61)34(35)12-14-37(44)49/h4-6,9,12-14,25,30,32-33,40H,1-3,7-8,10-11,15-24,26-29H2,(H,52,58,59)/t30?,32?,33?,40-/m0/s1. The van der Waals surface area contributed by atoms with E-state index in [0.717, 1.165) is 99.8 Å². The predicted octanol–water partition coefficient (Wildman–Crippen LogP) is 7.14. The summed E-state index contributed by atoms with van der Waals surface area (Å²) in [6, 6.07) is 17.1. The lowest BCUT2D eigenvalue weighted by Crippen LogP contribution is -2.52. The largest absolute Gasteiger partial charge is 0.492 e. The highest BCUT2D eigenvalue weighted by Gasteiger charge is 2.49. The summed E-state index contributed by atoms with van der Waals surface area (Å²) in [5.41, 5.74) is 7.11. The van der Waals surface area contributed by atoms with E-state index in [2.05, 4.69) is 43.9 Å². The smallest absolute Gasteiger partial charge is 0.282 e. The van der Waals surface area contributed by atoms with Crippen molar-refractivity contribution in [2.75, 3.05) is 39.3 Å². The third-order valence-electron chi connectivity index (χ3n) is 16.9. The van der Waals surface area contributed by atoms with Crippen LogP contribution in [0.25, 0.3) is 16.6 Å². The Kier molecular flexibility index (Phi) is 9.28. The van der Waals surface area contributed by atoms with Crippen LogP contribution in [0.1, 0.15) is 134 Å². The Hall–Kier alpha value is -4.58. The molecule has 5 fully saturated rings. The van der Waals surface area contributed by atoms with Crippen molar-refractivity contribution < 1.29 is 19.1 Å². The maximum Gasteiger partial charge on any atom is 0.282 e. The zero-order valence-corrected chi connectivity index (χ0v) is 36.2. The molecule has 3 saturated heterocycles. The molecule has 7 heterocycles. The molecule has 2 spiro atoms. The lowest BCUT2D eigenvalue weighted by atomic mass is 9.69. The molecule has 4 aromatic rings. The molecular weight excluding hydrogens is 800 g/mol. The summed E-state index contributed by atoms with van der Waals surface area (Å²) in [5.74, 6) is 2.18. The lowest BCUT2D eigenvalue weighted by molar-refractivity contribution is -0.136. The van der Waals surface area contributed by atoms with Gasteiger partial charge in [0.2, 0.25) is 11.8 Å². The van der Waals surface area contributed by atoms with Crippen LogP contribution in [0.15, 0.2) is 53.3 Å². The summed E-state index contributed by atoms with van der Waals surface area (Å²) >= 11 is 6.65. The van der Waals surface area contributed by atoms with Crippen LogP contribution in [0.3, 0.4) is 0 Å². The van der Waals surface area contributed by atoms with Crippen LogP contribution < -0.4 is 15.6 Å². The molecule has 1 N–H and O–H groups in total. The number of nitrogens with zero attached hydrogens (tertiary/aromatic N) is 5. The highest BCUT2D eigenvalue weighted by atomic mass is 35.5. The minimum Gasteiger partial charge on any atom is -0.492 e. The van der Waals surface area contributed by atoms with Gasteiger partial charge in [0.05, 0.1) is 40.2 Å². The minimum atomic E-state index is -0.621. The minimum absolute atomic E-state index is 0.0348. The van der Waals surface area contributed by atoms with Gasteiger partial charge in [-0.05, 0) is 131 Å². The van der Waals surface area contributed by atoms with E-state index in [1.807, 2.05) is 18.2 Å². The van der Waals surface area contributed by atoms with Gasteiger partial charge in [-0.3, -0.25) is 34.0 Å². The van der Waals surface area contributed by atoms with E-state index in [-0.39, 0.29) is 40.5 Å². The van der Waals surface area contributed by atoms with Crippen molar-refractivity contribution in [2.45, 2.75) is 125 Å². The van der Waals surface area contributed by atoms with Crippen LogP contribution in [0.2, 0.25) is 5.02 Å². The fraction of sp³-hybridized carbons (Fsp3) is 0.540. The molecule has 2 atom stereocenters. The first kappa shape index (κ1) is 39.0. The first-order valence-corrected chi connectivity index (χ1v) is 23.8. The second-order valence-electron chi connectivity index (χ2n) is 20.0. The monoisotopic (exact) mass is 854 g/mol. The summed E-state index contributed by atoms with van der Waals surface area (Å²) in [7, 11) is 0. The average Bonchev–Trinajstić information content (AvgIpc) is 4.06. The van der Waals surface area contributed by atoms with E-state index in [9.17, 15) is 19.2 Å². The van der Waals surface area contributed by atoms with Crippen LogP contribution in [-0.2, 0) is 27.0 Å². The zero-order chi connectivity index (χ0) is 41.9. The molecule has 0 radical (unpaired) electrons. The van der Waals surface area contributed by atoms with Crippen LogP contribution in [-0.4, -0.2) is 93.4 Å². The first-order chi connectivity index (χ1) is 30.2. The molecule has 8 aliphatic rings. The number of ether oxygens (including phenoxy) is 1. The van der Waals surface area contributed by atoms with Gasteiger partial charge in [-0.15, -0.1) is 0 Å². The maximum absolute atomic E-state index is 13.5. The maximum atomic E-state index is 13.5. The Morgan fingerprint density at radius 3 is 2.47 bits per heavy atom.